The predicted octanol–water partition coefficient (Wildman–Crippen LogP) is 2.10. The van der Waals surface area contributed by atoms with E-state index in [-0.39, 0.29) is 36.3 Å². The molecule has 5 atom stereocenters. The molecular weight excluding hydrogens is 316 g/mol. The predicted molar refractivity (Wildman–Crippen MR) is 94.8 cm³/mol. The first-order valence-electron chi connectivity index (χ1n) is 9.44. The summed E-state index contributed by atoms with van der Waals surface area (Å²) in [5.74, 6) is 1.20. The molecule has 1 aliphatic heterocycles. The van der Waals surface area contributed by atoms with Crippen LogP contribution in [-0.4, -0.2) is 29.6 Å². The van der Waals surface area contributed by atoms with Gasteiger partial charge in [0.1, 0.15) is 0 Å². The SMILES string of the molecule is O=C(CCC1Cc2ccccc2NC1=O)NC1C2CCC(C2)C1CO. The van der Waals surface area contributed by atoms with Gasteiger partial charge in [0.15, 0.2) is 0 Å². The van der Waals surface area contributed by atoms with E-state index in [1.165, 1.54) is 6.42 Å². The molecule has 2 amide bonds. The highest BCUT2D eigenvalue weighted by Crippen LogP contribution is 2.48. The average Bonchev–Trinajstić information content (AvgIpc) is 3.21. The fourth-order valence-electron chi connectivity index (χ4n) is 5.11. The maximum atomic E-state index is 12.4. The zero-order valence-electron chi connectivity index (χ0n) is 14.4. The van der Waals surface area contributed by atoms with Gasteiger partial charge in [-0.05, 0) is 55.6 Å². The molecule has 5 unspecified atom stereocenters. The third-order valence-electron chi connectivity index (χ3n) is 6.46. The molecule has 2 saturated carbocycles. The van der Waals surface area contributed by atoms with Crippen molar-refractivity contribution in [3.8, 4) is 0 Å². The molecule has 134 valence electrons. The van der Waals surface area contributed by atoms with Crippen LogP contribution in [0.15, 0.2) is 24.3 Å². The minimum absolute atomic E-state index is 0.0136. The van der Waals surface area contributed by atoms with Gasteiger partial charge in [-0.15, -0.1) is 0 Å². The molecule has 0 aromatic heterocycles. The number of fused-ring (bicyclic) bond motifs is 3. The van der Waals surface area contributed by atoms with Gasteiger partial charge in [0.25, 0.3) is 0 Å². The number of para-hydroxylation sites is 1. The van der Waals surface area contributed by atoms with Gasteiger partial charge >= 0.3 is 0 Å². The van der Waals surface area contributed by atoms with Crippen LogP contribution in [-0.2, 0) is 16.0 Å². The van der Waals surface area contributed by atoms with Crippen LogP contribution in [0.25, 0.3) is 0 Å². The molecule has 1 aromatic carbocycles. The van der Waals surface area contributed by atoms with E-state index < -0.39 is 0 Å². The van der Waals surface area contributed by atoms with Gasteiger partial charge < -0.3 is 15.7 Å². The van der Waals surface area contributed by atoms with E-state index in [4.69, 9.17) is 0 Å². The summed E-state index contributed by atoms with van der Waals surface area (Å²) in [5, 5.41) is 15.7. The number of rotatable bonds is 5. The van der Waals surface area contributed by atoms with Crippen LogP contribution in [0.2, 0.25) is 0 Å². The van der Waals surface area contributed by atoms with Gasteiger partial charge in [-0.2, -0.15) is 0 Å². The van der Waals surface area contributed by atoms with Crippen LogP contribution >= 0.6 is 0 Å². The first-order valence-corrected chi connectivity index (χ1v) is 9.44. The first-order chi connectivity index (χ1) is 12.2. The van der Waals surface area contributed by atoms with E-state index in [1.54, 1.807) is 0 Å². The quantitative estimate of drug-likeness (QED) is 0.767. The number of aliphatic hydroxyl groups is 1. The van der Waals surface area contributed by atoms with E-state index in [0.29, 0.717) is 31.1 Å². The summed E-state index contributed by atoms with van der Waals surface area (Å²) in [4.78, 5) is 24.6. The minimum Gasteiger partial charge on any atom is -0.396 e. The summed E-state index contributed by atoms with van der Waals surface area (Å²) in [6.07, 6.45) is 5.11. The Morgan fingerprint density at radius 3 is 2.88 bits per heavy atom. The number of amides is 2. The van der Waals surface area contributed by atoms with Crippen molar-refractivity contribution in [3.05, 3.63) is 29.8 Å². The lowest BCUT2D eigenvalue weighted by molar-refractivity contribution is -0.124. The molecule has 3 aliphatic rings. The molecule has 0 spiro atoms. The summed E-state index contributed by atoms with van der Waals surface area (Å²) in [5.41, 5.74) is 2.03. The number of hydrogen-bond acceptors (Lipinski definition) is 3. The lowest BCUT2D eigenvalue weighted by Gasteiger charge is -2.30. The number of hydrogen-bond donors (Lipinski definition) is 3. The Morgan fingerprint density at radius 1 is 1.24 bits per heavy atom. The van der Waals surface area contributed by atoms with Crippen molar-refractivity contribution in [2.24, 2.45) is 23.7 Å². The molecule has 2 aliphatic carbocycles. The number of anilines is 1. The van der Waals surface area contributed by atoms with Crippen molar-refractivity contribution in [3.63, 3.8) is 0 Å². The van der Waals surface area contributed by atoms with E-state index >= 15 is 0 Å². The summed E-state index contributed by atoms with van der Waals surface area (Å²) in [7, 11) is 0. The molecule has 3 N–H and O–H groups in total. The summed E-state index contributed by atoms with van der Waals surface area (Å²) < 4.78 is 0. The molecule has 5 nitrogen and oxygen atoms in total. The molecule has 1 heterocycles. The van der Waals surface area contributed by atoms with Crippen LogP contribution in [0.1, 0.15) is 37.7 Å². The van der Waals surface area contributed by atoms with Crippen molar-refractivity contribution in [2.75, 3.05) is 11.9 Å². The second-order valence-corrected chi connectivity index (χ2v) is 7.86. The minimum atomic E-state index is -0.144. The third-order valence-corrected chi connectivity index (χ3v) is 6.46. The third kappa shape index (κ3) is 3.17. The Kier molecular flexibility index (Phi) is 4.50. The van der Waals surface area contributed by atoms with E-state index in [2.05, 4.69) is 10.6 Å². The standard InChI is InChI=1S/C20H26N2O3/c23-11-16-12-5-6-14(9-12)19(16)22-18(24)8-7-15-10-13-3-1-2-4-17(13)21-20(15)25/h1-4,12,14-16,19,23H,5-11H2,(H,21,25)(H,22,24). The Hall–Kier alpha value is -1.88. The van der Waals surface area contributed by atoms with Crippen molar-refractivity contribution < 1.29 is 14.7 Å². The zero-order chi connectivity index (χ0) is 17.4. The van der Waals surface area contributed by atoms with Crippen molar-refractivity contribution >= 4 is 17.5 Å². The highest BCUT2D eigenvalue weighted by molar-refractivity contribution is 5.96. The second kappa shape index (κ2) is 6.79. The second-order valence-electron chi connectivity index (χ2n) is 7.86. The monoisotopic (exact) mass is 342 g/mol. The van der Waals surface area contributed by atoms with Crippen LogP contribution in [0.5, 0.6) is 0 Å². The van der Waals surface area contributed by atoms with Gasteiger partial charge in [-0.3, -0.25) is 9.59 Å². The van der Waals surface area contributed by atoms with E-state index in [9.17, 15) is 14.7 Å². The van der Waals surface area contributed by atoms with Gasteiger partial charge in [0, 0.05) is 36.6 Å². The number of aliphatic hydroxyl groups excluding tert-OH is 1. The zero-order valence-corrected chi connectivity index (χ0v) is 14.4. The van der Waals surface area contributed by atoms with E-state index in [0.717, 1.165) is 24.1 Å². The van der Waals surface area contributed by atoms with Gasteiger partial charge in [0.05, 0.1) is 0 Å². The average molecular weight is 342 g/mol. The van der Waals surface area contributed by atoms with Crippen molar-refractivity contribution in [1.29, 1.82) is 0 Å². The first kappa shape index (κ1) is 16.6. The van der Waals surface area contributed by atoms with Crippen LogP contribution < -0.4 is 10.6 Å². The molecule has 2 fully saturated rings. The highest BCUT2D eigenvalue weighted by atomic mass is 16.3. The maximum Gasteiger partial charge on any atom is 0.227 e. The molecule has 1 aromatic rings. The molecule has 2 bridgehead atoms. The summed E-state index contributed by atoms with van der Waals surface area (Å²) >= 11 is 0. The summed E-state index contributed by atoms with van der Waals surface area (Å²) in [6.45, 7) is 0.161. The number of nitrogens with one attached hydrogen (secondary N) is 2. The Bertz CT molecular complexity index is 675. The largest absolute Gasteiger partial charge is 0.396 e. The Balaban J connectivity index is 1.31. The van der Waals surface area contributed by atoms with Crippen LogP contribution in [0, 0.1) is 23.7 Å². The number of carbonyl (C=O) groups is 2. The van der Waals surface area contributed by atoms with Gasteiger partial charge in [-0.1, -0.05) is 18.2 Å². The smallest absolute Gasteiger partial charge is 0.227 e. The number of benzene rings is 1. The van der Waals surface area contributed by atoms with Crippen LogP contribution in [0.3, 0.4) is 0 Å². The van der Waals surface area contributed by atoms with E-state index in [1.807, 2.05) is 24.3 Å². The molecule has 5 heteroatoms. The molecule has 4 rings (SSSR count). The number of carbonyl (C=O) groups excluding carboxylic acids is 2. The lowest BCUT2D eigenvalue weighted by atomic mass is 9.84. The fraction of sp³-hybridized carbons (Fsp3) is 0.600. The topological polar surface area (TPSA) is 78.4 Å². The maximum absolute atomic E-state index is 12.4. The van der Waals surface area contributed by atoms with Gasteiger partial charge in [-0.25, -0.2) is 0 Å². The highest BCUT2D eigenvalue weighted by Gasteiger charge is 2.47. The fourth-order valence-corrected chi connectivity index (χ4v) is 5.11. The Morgan fingerprint density at radius 2 is 2.04 bits per heavy atom. The molecule has 0 radical (unpaired) electrons. The van der Waals surface area contributed by atoms with Crippen molar-refractivity contribution in [1.82, 2.24) is 5.32 Å². The Labute approximate surface area is 148 Å². The van der Waals surface area contributed by atoms with Gasteiger partial charge in [0.2, 0.25) is 11.8 Å². The normalized spacial score (nSPS) is 33.0. The molecule has 0 saturated heterocycles. The lowest BCUT2D eigenvalue weighted by Crippen LogP contribution is -2.45. The van der Waals surface area contributed by atoms with Crippen LogP contribution in [0.4, 0.5) is 5.69 Å². The molecular formula is C20H26N2O3. The summed E-state index contributed by atoms with van der Waals surface area (Å²) in [6, 6.07) is 7.96. The molecule has 25 heavy (non-hydrogen) atoms. The van der Waals surface area contributed by atoms with Crippen molar-refractivity contribution in [2.45, 2.75) is 44.6 Å².